The highest BCUT2D eigenvalue weighted by Gasteiger charge is 2.34. The zero-order valence-electron chi connectivity index (χ0n) is 8.56. The third kappa shape index (κ3) is 3.01. The Morgan fingerprint density at radius 2 is 2.00 bits per heavy atom. The molecule has 0 saturated heterocycles. The van der Waals surface area contributed by atoms with Crippen LogP contribution in [0.2, 0.25) is 0 Å². The van der Waals surface area contributed by atoms with Crippen LogP contribution in [0.4, 0.5) is 13.2 Å². The van der Waals surface area contributed by atoms with Gasteiger partial charge in [0.05, 0.1) is 12.8 Å². The van der Waals surface area contributed by atoms with Crippen LogP contribution < -0.4 is 9.47 Å². The summed E-state index contributed by atoms with van der Waals surface area (Å²) in [5, 5.41) is 0.196. The van der Waals surface area contributed by atoms with Gasteiger partial charge in [-0.25, -0.2) is 0 Å². The molecule has 3 nitrogen and oxygen atoms in total. The average molecular weight is 300 g/mol. The maximum atomic E-state index is 12.2. The van der Waals surface area contributed by atoms with Crippen LogP contribution in [0.15, 0.2) is 6.20 Å². The summed E-state index contributed by atoms with van der Waals surface area (Å²) in [6.07, 6.45) is -3.44. The zero-order valence-corrected chi connectivity index (χ0v) is 10.1. The normalized spacial score (nSPS) is 11.4. The zero-order chi connectivity index (χ0) is 12.3. The first-order valence-corrected chi connectivity index (χ1v) is 5.35. The monoisotopic (exact) mass is 299 g/mol. The van der Waals surface area contributed by atoms with Crippen molar-refractivity contribution >= 4 is 15.9 Å². The average Bonchev–Trinajstić information content (AvgIpc) is 2.16. The van der Waals surface area contributed by atoms with E-state index in [9.17, 15) is 13.2 Å². The predicted octanol–water partition coefficient (Wildman–Crippen LogP) is 3.19. The molecule has 1 aromatic heterocycles. The number of alkyl halides is 4. The van der Waals surface area contributed by atoms with Gasteiger partial charge in [-0.05, 0) is 6.92 Å². The molecule has 0 fully saturated rings. The topological polar surface area (TPSA) is 31.4 Å². The van der Waals surface area contributed by atoms with Crippen molar-refractivity contribution in [2.24, 2.45) is 0 Å². The van der Waals surface area contributed by atoms with Crippen molar-refractivity contribution in [1.82, 2.24) is 4.98 Å². The fraction of sp³-hybridized carbons (Fsp3) is 0.444. The molecule has 0 saturated carbocycles. The van der Waals surface area contributed by atoms with E-state index in [1.54, 1.807) is 6.92 Å². The Kier molecular flexibility index (Phi) is 4.01. The van der Waals surface area contributed by atoms with E-state index >= 15 is 0 Å². The summed E-state index contributed by atoms with van der Waals surface area (Å²) in [5.74, 6) is -0.353. The first-order valence-electron chi connectivity index (χ1n) is 4.23. The fourth-order valence-electron chi connectivity index (χ4n) is 1.17. The fourth-order valence-corrected chi connectivity index (χ4v) is 1.56. The number of nitrogens with zero attached hydrogens (tertiary/aromatic N) is 1. The number of halogens is 4. The van der Waals surface area contributed by atoms with Gasteiger partial charge in [-0.15, -0.1) is 13.2 Å². The standard InChI is InChI=1S/C9H9BrF3NO2/c1-5-7(15-2)8(16-9(11,12)13)6(3-10)4-14-5/h4H,3H2,1-2H3. The Bertz CT molecular complexity index is 382. The molecule has 0 unspecified atom stereocenters. The van der Waals surface area contributed by atoms with Gasteiger partial charge in [-0.3, -0.25) is 4.98 Å². The first kappa shape index (κ1) is 13.1. The quantitative estimate of drug-likeness (QED) is 0.803. The summed E-state index contributed by atoms with van der Waals surface area (Å²) in [4.78, 5) is 3.91. The van der Waals surface area contributed by atoms with Crippen molar-refractivity contribution in [3.63, 3.8) is 0 Å². The summed E-state index contributed by atoms with van der Waals surface area (Å²) in [5.41, 5.74) is 0.617. The van der Waals surface area contributed by atoms with Crippen LogP contribution in [0.1, 0.15) is 11.3 Å². The molecule has 7 heteroatoms. The third-order valence-electron chi connectivity index (χ3n) is 1.81. The first-order chi connectivity index (χ1) is 7.39. The molecule has 0 aliphatic carbocycles. The Morgan fingerprint density at radius 3 is 2.44 bits per heavy atom. The Balaban J connectivity index is 3.25. The Morgan fingerprint density at radius 1 is 1.38 bits per heavy atom. The highest BCUT2D eigenvalue weighted by molar-refractivity contribution is 9.08. The van der Waals surface area contributed by atoms with E-state index in [2.05, 4.69) is 25.7 Å². The number of rotatable bonds is 3. The summed E-state index contributed by atoms with van der Waals surface area (Å²) < 4.78 is 45.4. The van der Waals surface area contributed by atoms with Crippen molar-refractivity contribution in [3.05, 3.63) is 17.5 Å². The maximum absolute atomic E-state index is 12.2. The van der Waals surface area contributed by atoms with Crippen LogP contribution in [-0.4, -0.2) is 18.5 Å². The molecule has 0 N–H and O–H groups in total. The van der Waals surface area contributed by atoms with E-state index in [0.29, 0.717) is 5.69 Å². The molecule has 0 aliphatic heterocycles. The van der Waals surface area contributed by atoms with Crippen molar-refractivity contribution in [2.45, 2.75) is 18.6 Å². The lowest BCUT2D eigenvalue weighted by atomic mass is 10.2. The number of aryl methyl sites for hydroxylation is 1. The van der Waals surface area contributed by atoms with E-state index in [-0.39, 0.29) is 22.4 Å². The molecule has 1 heterocycles. The van der Waals surface area contributed by atoms with Gasteiger partial charge >= 0.3 is 6.36 Å². The van der Waals surface area contributed by atoms with Gasteiger partial charge in [0.15, 0.2) is 11.5 Å². The van der Waals surface area contributed by atoms with Crippen molar-refractivity contribution in [3.8, 4) is 11.5 Å². The number of aromatic nitrogens is 1. The molecular weight excluding hydrogens is 291 g/mol. The molecule has 0 atom stereocenters. The van der Waals surface area contributed by atoms with E-state index in [0.717, 1.165) is 0 Å². The molecular formula is C9H9BrF3NO2. The number of hydrogen-bond donors (Lipinski definition) is 0. The van der Waals surface area contributed by atoms with Crippen LogP contribution in [-0.2, 0) is 5.33 Å². The molecule has 1 rings (SSSR count). The van der Waals surface area contributed by atoms with Crippen molar-refractivity contribution in [1.29, 1.82) is 0 Å². The van der Waals surface area contributed by atoms with E-state index in [1.807, 2.05) is 0 Å². The lowest BCUT2D eigenvalue weighted by molar-refractivity contribution is -0.275. The second kappa shape index (κ2) is 4.90. The molecule has 0 aromatic carbocycles. The largest absolute Gasteiger partial charge is 0.573 e. The second-order valence-electron chi connectivity index (χ2n) is 2.91. The van der Waals surface area contributed by atoms with Crippen LogP contribution in [0.3, 0.4) is 0 Å². The predicted molar refractivity (Wildman–Crippen MR) is 54.8 cm³/mol. The smallest absolute Gasteiger partial charge is 0.491 e. The van der Waals surface area contributed by atoms with Gasteiger partial charge < -0.3 is 9.47 Å². The number of ether oxygens (including phenoxy) is 2. The number of pyridine rings is 1. The van der Waals surface area contributed by atoms with Crippen molar-refractivity contribution in [2.75, 3.05) is 7.11 Å². The van der Waals surface area contributed by atoms with Crippen LogP contribution in [0, 0.1) is 6.92 Å². The summed E-state index contributed by atoms with van der Waals surface area (Å²) in [6.45, 7) is 1.54. The highest BCUT2D eigenvalue weighted by Crippen LogP contribution is 2.37. The SMILES string of the molecule is COc1c(C)ncc(CBr)c1OC(F)(F)F. The van der Waals surface area contributed by atoms with Crippen LogP contribution in [0.25, 0.3) is 0 Å². The number of hydrogen-bond acceptors (Lipinski definition) is 3. The van der Waals surface area contributed by atoms with E-state index < -0.39 is 6.36 Å². The van der Waals surface area contributed by atoms with Gasteiger partial charge in [-0.1, -0.05) is 15.9 Å². The molecule has 0 amide bonds. The lowest BCUT2D eigenvalue weighted by Gasteiger charge is -2.16. The minimum atomic E-state index is -4.75. The lowest BCUT2D eigenvalue weighted by Crippen LogP contribution is -2.19. The molecule has 90 valence electrons. The van der Waals surface area contributed by atoms with E-state index in [4.69, 9.17) is 4.74 Å². The Hall–Kier alpha value is -0.980. The van der Waals surface area contributed by atoms with Gasteiger partial charge in [0.1, 0.15) is 0 Å². The highest BCUT2D eigenvalue weighted by atomic mass is 79.9. The third-order valence-corrected chi connectivity index (χ3v) is 2.41. The molecule has 0 radical (unpaired) electrons. The molecule has 0 bridgehead atoms. The van der Waals surface area contributed by atoms with Gasteiger partial charge in [0.25, 0.3) is 0 Å². The van der Waals surface area contributed by atoms with Crippen molar-refractivity contribution < 1.29 is 22.6 Å². The van der Waals surface area contributed by atoms with Gasteiger partial charge in [0, 0.05) is 17.1 Å². The number of methoxy groups -OCH3 is 1. The summed E-state index contributed by atoms with van der Waals surface area (Å²) in [6, 6.07) is 0. The molecule has 16 heavy (non-hydrogen) atoms. The molecule has 1 aromatic rings. The van der Waals surface area contributed by atoms with Crippen LogP contribution in [0.5, 0.6) is 11.5 Å². The van der Waals surface area contributed by atoms with E-state index in [1.165, 1.54) is 13.3 Å². The van der Waals surface area contributed by atoms with Gasteiger partial charge in [-0.2, -0.15) is 0 Å². The minimum absolute atomic E-state index is 0.00530. The molecule has 0 aliphatic rings. The van der Waals surface area contributed by atoms with Gasteiger partial charge in [0.2, 0.25) is 0 Å². The second-order valence-corrected chi connectivity index (χ2v) is 3.47. The Labute approximate surface area is 98.7 Å². The minimum Gasteiger partial charge on any atom is -0.491 e. The molecule has 0 spiro atoms. The van der Waals surface area contributed by atoms with Crippen LogP contribution >= 0.6 is 15.9 Å². The summed E-state index contributed by atoms with van der Waals surface area (Å²) >= 11 is 3.06. The maximum Gasteiger partial charge on any atom is 0.573 e. The summed E-state index contributed by atoms with van der Waals surface area (Å²) in [7, 11) is 1.27.